The molecule has 1 aromatic rings. The Hall–Kier alpha value is -1.57. The van der Waals surface area contributed by atoms with Crippen LogP contribution in [0.15, 0.2) is 24.3 Å². The van der Waals surface area contributed by atoms with E-state index in [2.05, 4.69) is 18.0 Å². The summed E-state index contributed by atoms with van der Waals surface area (Å²) >= 11 is 0. The van der Waals surface area contributed by atoms with E-state index in [-0.39, 0.29) is 6.10 Å². The fraction of sp³-hybridized carbons (Fsp3) is 0.533. The molecule has 1 fully saturated rings. The van der Waals surface area contributed by atoms with E-state index in [9.17, 15) is 5.11 Å². The Morgan fingerprint density at radius 3 is 2.95 bits per heavy atom. The third kappa shape index (κ3) is 4.23. The second kappa shape index (κ2) is 6.55. The van der Waals surface area contributed by atoms with Crippen LogP contribution in [0.3, 0.4) is 0 Å². The number of hydrogen-bond acceptors (Lipinski definition) is 4. The zero-order valence-electron chi connectivity index (χ0n) is 11.2. The van der Waals surface area contributed by atoms with Gasteiger partial charge in [-0.3, -0.25) is 0 Å². The van der Waals surface area contributed by atoms with Crippen molar-refractivity contribution in [2.24, 2.45) is 5.92 Å². The van der Waals surface area contributed by atoms with Crippen molar-refractivity contribution >= 4 is 0 Å². The van der Waals surface area contributed by atoms with E-state index in [4.69, 9.17) is 10.00 Å². The highest BCUT2D eigenvalue weighted by atomic mass is 16.5. The molecular weight excluding hydrogens is 240 g/mol. The third-order valence-corrected chi connectivity index (χ3v) is 3.49. The molecule has 102 valence electrons. The lowest BCUT2D eigenvalue weighted by Gasteiger charge is -2.34. The zero-order valence-corrected chi connectivity index (χ0v) is 11.2. The summed E-state index contributed by atoms with van der Waals surface area (Å²) in [5, 5.41) is 18.0. The van der Waals surface area contributed by atoms with Gasteiger partial charge in [0.25, 0.3) is 0 Å². The van der Waals surface area contributed by atoms with Gasteiger partial charge in [0, 0.05) is 13.1 Å². The van der Waals surface area contributed by atoms with Crippen LogP contribution in [0.25, 0.3) is 0 Å². The number of likely N-dealkylation sites (N-methyl/N-ethyl adjacent to an activating group) is 1. The highest BCUT2D eigenvalue weighted by molar-refractivity contribution is 5.36. The summed E-state index contributed by atoms with van der Waals surface area (Å²) in [5.41, 5.74) is 0.620. The van der Waals surface area contributed by atoms with E-state index in [1.807, 2.05) is 12.1 Å². The second-order valence-electron chi connectivity index (χ2n) is 5.24. The predicted molar refractivity (Wildman–Crippen MR) is 72.9 cm³/mol. The van der Waals surface area contributed by atoms with Crippen molar-refractivity contribution in [3.63, 3.8) is 0 Å². The van der Waals surface area contributed by atoms with Crippen molar-refractivity contribution in [1.82, 2.24) is 4.90 Å². The first-order chi connectivity index (χ1) is 9.17. The van der Waals surface area contributed by atoms with Crippen LogP contribution in [0.1, 0.15) is 18.4 Å². The second-order valence-corrected chi connectivity index (χ2v) is 5.24. The number of nitrogens with zero attached hydrogens (tertiary/aromatic N) is 2. The fourth-order valence-corrected chi connectivity index (χ4v) is 2.36. The van der Waals surface area contributed by atoms with Gasteiger partial charge >= 0.3 is 0 Å². The Morgan fingerprint density at radius 1 is 1.47 bits per heavy atom. The first-order valence-corrected chi connectivity index (χ1v) is 6.67. The minimum atomic E-state index is -0.0802. The summed E-state index contributed by atoms with van der Waals surface area (Å²) in [4.78, 5) is 2.23. The van der Waals surface area contributed by atoms with E-state index >= 15 is 0 Å². The largest absolute Gasteiger partial charge is 0.492 e. The van der Waals surface area contributed by atoms with Crippen LogP contribution >= 0.6 is 0 Å². The molecule has 0 amide bonds. The molecule has 1 aliphatic rings. The number of rotatable bonds is 6. The number of aliphatic hydroxyl groups is 1. The van der Waals surface area contributed by atoms with Crippen LogP contribution < -0.4 is 4.74 Å². The Labute approximate surface area is 114 Å². The quantitative estimate of drug-likeness (QED) is 0.845. The molecule has 0 saturated heterocycles. The predicted octanol–water partition coefficient (Wildman–Crippen LogP) is 1.64. The van der Waals surface area contributed by atoms with Crippen molar-refractivity contribution in [2.45, 2.75) is 18.9 Å². The summed E-state index contributed by atoms with van der Waals surface area (Å²) in [6, 6.07) is 9.31. The van der Waals surface area contributed by atoms with Gasteiger partial charge in [-0.2, -0.15) is 5.26 Å². The Bertz CT molecular complexity index is 450. The highest BCUT2D eigenvalue weighted by Crippen LogP contribution is 2.27. The van der Waals surface area contributed by atoms with Gasteiger partial charge in [0.2, 0.25) is 0 Å². The highest BCUT2D eigenvalue weighted by Gasteiger charge is 2.27. The lowest BCUT2D eigenvalue weighted by molar-refractivity contribution is 0.0269. The van der Waals surface area contributed by atoms with E-state index < -0.39 is 0 Å². The lowest BCUT2D eigenvalue weighted by atomic mass is 9.82. The van der Waals surface area contributed by atoms with Crippen LogP contribution in [-0.2, 0) is 0 Å². The zero-order chi connectivity index (χ0) is 13.7. The summed E-state index contributed by atoms with van der Waals surface area (Å²) in [7, 11) is 2.07. The number of ether oxygens (including phenoxy) is 1. The van der Waals surface area contributed by atoms with Crippen molar-refractivity contribution in [3.8, 4) is 11.8 Å². The van der Waals surface area contributed by atoms with Crippen LogP contribution in [0.5, 0.6) is 5.75 Å². The SMILES string of the molecule is CN(CCOc1cccc(C#N)c1)CC1CC(O)C1. The average Bonchev–Trinajstić information content (AvgIpc) is 2.37. The summed E-state index contributed by atoms with van der Waals surface area (Å²) in [6.45, 7) is 2.47. The van der Waals surface area contributed by atoms with Gasteiger partial charge in [0.15, 0.2) is 0 Å². The molecule has 2 rings (SSSR count). The molecule has 0 atom stereocenters. The molecule has 0 aromatic heterocycles. The van der Waals surface area contributed by atoms with Crippen LogP contribution in [0.2, 0.25) is 0 Å². The minimum absolute atomic E-state index is 0.0802. The van der Waals surface area contributed by atoms with Crippen LogP contribution in [-0.4, -0.2) is 42.9 Å². The van der Waals surface area contributed by atoms with Crippen molar-refractivity contribution in [1.29, 1.82) is 5.26 Å². The molecule has 1 aliphatic carbocycles. The van der Waals surface area contributed by atoms with E-state index in [0.29, 0.717) is 18.1 Å². The molecule has 0 unspecified atom stereocenters. The molecule has 1 N–H and O–H groups in total. The number of hydrogen-bond donors (Lipinski definition) is 1. The first-order valence-electron chi connectivity index (χ1n) is 6.67. The van der Waals surface area contributed by atoms with E-state index in [0.717, 1.165) is 31.7 Å². The van der Waals surface area contributed by atoms with Gasteiger partial charge in [0.1, 0.15) is 12.4 Å². The third-order valence-electron chi connectivity index (χ3n) is 3.49. The summed E-state index contributed by atoms with van der Waals surface area (Å²) < 4.78 is 5.63. The van der Waals surface area contributed by atoms with E-state index in [1.165, 1.54) is 0 Å². The number of benzene rings is 1. The standard InChI is InChI=1S/C15H20N2O2/c1-17(11-13-7-14(18)8-13)5-6-19-15-4-2-3-12(9-15)10-16/h2-4,9,13-14,18H,5-8,11H2,1H3. The van der Waals surface area contributed by atoms with E-state index in [1.54, 1.807) is 12.1 Å². The maximum absolute atomic E-state index is 9.24. The molecule has 0 spiro atoms. The molecule has 4 heteroatoms. The fourth-order valence-electron chi connectivity index (χ4n) is 2.36. The van der Waals surface area contributed by atoms with Crippen molar-refractivity contribution in [2.75, 3.05) is 26.7 Å². The molecule has 4 nitrogen and oxygen atoms in total. The first kappa shape index (κ1) is 13.9. The summed E-state index contributed by atoms with van der Waals surface area (Å²) in [5.74, 6) is 1.37. The molecule has 0 radical (unpaired) electrons. The van der Waals surface area contributed by atoms with Gasteiger partial charge in [-0.25, -0.2) is 0 Å². The average molecular weight is 260 g/mol. The smallest absolute Gasteiger partial charge is 0.120 e. The molecule has 0 heterocycles. The Morgan fingerprint density at radius 2 is 2.26 bits per heavy atom. The number of aliphatic hydroxyl groups excluding tert-OH is 1. The molecule has 0 bridgehead atoms. The maximum atomic E-state index is 9.24. The normalized spacial score (nSPS) is 21.8. The summed E-state index contributed by atoms with van der Waals surface area (Å²) in [6.07, 6.45) is 1.77. The number of nitriles is 1. The van der Waals surface area contributed by atoms with Gasteiger partial charge in [-0.15, -0.1) is 0 Å². The maximum Gasteiger partial charge on any atom is 0.120 e. The van der Waals surface area contributed by atoms with Gasteiger partial charge < -0.3 is 14.7 Å². The van der Waals surface area contributed by atoms with Crippen molar-refractivity contribution in [3.05, 3.63) is 29.8 Å². The van der Waals surface area contributed by atoms with Gasteiger partial charge in [-0.05, 0) is 44.0 Å². The van der Waals surface area contributed by atoms with Crippen LogP contribution in [0.4, 0.5) is 0 Å². The van der Waals surface area contributed by atoms with Crippen LogP contribution in [0, 0.1) is 17.2 Å². The molecular formula is C15H20N2O2. The topological polar surface area (TPSA) is 56.5 Å². The van der Waals surface area contributed by atoms with Gasteiger partial charge in [0.05, 0.1) is 17.7 Å². The Balaban J connectivity index is 1.66. The molecule has 1 aromatic carbocycles. The molecule has 19 heavy (non-hydrogen) atoms. The van der Waals surface area contributed by atoms with Gasteiger partial charge in [-0.1, -0.05) is 6.07 Å². The monoisotopic (exact) mass is 260 g/mol. The molecule has 0 aliphatic heterocycles. The molecule has 1 saturated carbocycles. The lowest BCUT2D eigenvalue weighted by Crippen LogP contribution is -2.38. The van der Waals surface area contributed by atoms with Crippen molar-refractivity contribution < 1.29 is 9.84 Å². The Kier molecular flexibility index (Phi) is 4.78. The minimum Gasteiger partial charge on any atom is -0.492 e.